The third-order valence-electron chi connectivity index (χ3n) is 4.45. The van der Waals surface area contributed by atoms with Crippen molar-refractivity contribution in [1.29, 1.82) is 0 Å². The Kier molecular flexibility index (Phi) is 15.1. The molecule has 0 spiro atoms. The fourth-order valence-corrected chi connectivity index (χ4v) is 2.85. The molecule has 1 amide bonds. The van der Waals surface area contributed by atoms with Crippen molar-refractivity contribution in [3.05, 3.63) is 23.8 Å². The van der Waals surface area contributed by atoms with Crippen molar-refractivity contribution in [2.45, 2.75) is 59.5 Å². The summed E-state index contributed by atoms with van der Waals surface area (Å²) in [6.07, 6.45) is 3.56. The summed E-state index contributed by atoms with van der Waals surface area (Å²) in [5.74, 6) is 2.50. The van der Waals surface area contributed by atoms with Crippen molar-refractivity contribution in [3.8, 4) is 11.5 Å². The molecule has 0 aromatic heterocycles. The highest BCUT2D eigenvalue weighted by Crippen LogP contribution is 2.28. The average molecular weight is 534 g/mol. The maximum Gasteiger partial charge on any atom is 0.257 e. The minimum Gasteiger partial charge on any atom is -0.493 e. The Labute approximate surface area is 198 Å². The molecule has 1 aromatic rings. The van der Waals surface area contributed by atoms with E-state index in [1.807, 2.05) is 25.1 Å². The third kappa shape index (κ3) is 11.5. The summed E-state index contributed by atoms with van der Waals surface area (Å²) in [5, 5.41) is 9.47. The molecule has 8 heteroatoms. The molecule has 0 saturated heterocycles. The molecule has 1 aromatic carbocycles. The molecule has 30 heavy (non-hydrogen) atoms. The van der Waals surface area contributed by atoms with Crippen LogP contribution in [0.25, 0.3) is 0 Å². The van der Waals surface area contributed by atoms with Crippen LogP contribution in [0.5, 0.6) is 11.5 Å². The van der Waals surface area contributed by atoms with Gasteiger partial charge >= 0.3 is 0 Å². The minimum absolute atomic E-state index is 0. The topological polar surface area (TPSA) is 84.0 Å². The van der Waals surface area contributed by atoms with E-state index in [0.29, 0.717) is 30.6 Å². The Morgan fingerprint density at radius 3 is 2.47 bits per heavy atom. The number of benzene rings is 1. The van der Waals surface area contributed by atoms with Crippen LogP contribution in [0.2, 0.25) is 0 Å². The largest absolute Gasteiger partial charge is 0.493 e. The fourth-order valence-electron chi connectivity index (χ4n) is 2.85. The molecule has 0 saturated carbocycles. The first-order valence-corrected chi connectivity index (χ1v) is 10.4. The monoisotopic (exact) mass is 534 g/mol. The second-order valence-corrected chi connectivity index (χ2v) is 7.52. The van der Waals surface area contributed by atoms with Gasteiger partial charge in [-0.25, -0.2) is 0 Å². The van der Waals surface area contributed by atoms with Gasteiger partial charge in [-0.15, -0.1) is 24.0 Å². The quantitative estimate of drug-likeness (QED) is 0.216. The molecule has 1 atom stereocenters. The summed E-state index contributed by atoms with van der Waals surface area (Å²) < 4.78 is 11.0. The summed E-state index contributed by atoms with van der Waals surface area (Å²) in [6, 6.07) is 6.03. The van der Waals surface area contributed by atoms with Crippen LogP contribution >= 0.6 is 24.0 Å². The van der Waals surface area contributed by atoms with Crippen molar-refractivity contribution >= 4 is 35.8 Å². The normalized spacial score (nSPS) is 12.0. The molecule has 0 radical (unpaired) electrons. The number of aliphatic imine (C=N–C) groups is 1. The Bertz CT molecular complexity index is 653. The Hall–Kier alpha value is -1.71. The zero-order chi connectivity index (χ0) is 21.6. The van der Waals surface area contributed by atoms with E-state index in [1.165, 1.54) is 12.8 Å². The summed E-state index contributed by atoms with van der Waals surface area (Å²) >= 11 is 0. The first-order valence-electron chi connectivity index (χ1n) is 10.4. The number of ether oxygens (including phenoxy) is 2. The Morgan fingerprint density at radius 2 is 1.87 bits per heavy atom. The molecule has 0 aliphatic rings. The molecule has 0 bridgehead atoms. The molecule has 1 rings (SSSR count). The molecule has 1 unspecified atom stereocenters. The van der Waals surface area contributed by atoms with Crippen LogP contribution in [0, 0.1) is 5.92 Å². The highest BCUT2D eigenvalue weighted by molar-refractivity contribution is 14.0. The summed E-state index contributed by atoms with van der Waals surface area (Å²) in [6.45, 7) is 9.70. The summed E-state index contributed by atoms with van der Waals surface area (Å²) in [7, 11) is 3.36. The number of amides is 1. The van der Waals surface area contributed by atoms with E-state index in [2.05, 4.69) is 41.7 Å². The number of nitrogens with zero attached hydrogens (tertiary/aromatic N) is 1. The van der Waals surface area contributed by atoms with E-state index in [1.54, 1.807) is 14.2 Å². The zero-order valence-electron chi connectivity index (χ0n) is 19.2. The van der Waals surface area contributed by atoms with Crippen LogP contribution in [0.3, 0.4) is 0 Å². The molecular weight excluding hydrogens is 495 g/mol. The maximum atomic E-state index is 11.6. The highest BCUT2D eigenvalue weighted by Gasteiger charge is 2.10. The lowest BCUT2D eigenvalue weighted by atomic mass is 10.0. The van der Waals surface area contributed by atoms with E-state index in [-0.39, 0.29) is 36.5 Å². The molecule has 0 heterocycles. The van der Waals surface area contributed by atoms with Crippen molar-refractivity contribution in [3.63, 3.8) is 0 Å². The predicted octanol–water partition coefficient (Wildman–Crippen LogP) is 3.71. The van der Waals surface area contributed by atoms with Crippen LogP contribution in [-0.4, -0.2) is 45.2 Å². The second kappa shape index (κ2) is 16.0. The fraction of sp³-hybridized carbons (Fsp3) is 0.636. The number of carbonyl (C=O) groups excluding carboxylic acids is 1. The van der Waals surface area contributed by atoms with Gasteiger partial charge in [-0.3, -0.25) is 9.79 Å². The number of rotatable bonds is 12. The summed E-state index contributed by atoms with van der Waals surface area (Å²) in [5.41, 5.74) is 1.03. The first-order chi connectivity index (χ1) is 13.9. The van der Waals surface area contributed by atoms with E-state index in [4.69, 9.17) is 9.47 Å². The van der Waals surface area contributed by atoms with Gasteiger partial charge in [0.05, 0.1) is 7.11 Å². The molecular formula is C22H39IN4O3. The van der Waals surface area contributed by atoms with Crippen LogP contribution in [0.4, 0.5) is 0 Å². The SMILES string of the molecule is CCNC(=O)COc1ccc(CNC(=NC)NC(C)CCCC(C)C)cc1OC.I. The molecule has 172 valence electrons. The second-order valence-electron chi connectivity index (χ2n) is 7.52. The van der Waals surface area contributed by atoms with Gasteiger partial charge in [0, 0.05) is 26.2 Å². The Balaban J connectivity index is 0.00000841. The first kappa shape index (κ1) is 28.3. The van der Waals surface area contributed by atoms with Gasteiger partial charge in [-0.2, -0.15) is 0 Å². The van der Waals surface area contributed by atoms with Crippen molar-refractivity contribution in [1.82, 2.24) is 16.0 Å². The number of guanidine groups is 1. The molecule has 7 nitrogen and oxygen atoms in total. The number of likely N-dealkylation sites (N-methyl/N-ethyl adjacent to an activating group) is 1. The van der Waals surface area contributed by atoms with Gasteiger partial charge in [-0.05, 0) is 43.9 Å². The maximum absolute atomic E-state index is 11.6. The standard InChI is InChI=1S/C22H38N4O3.HI/c1-7-24-21(27)15-29-19-12-11-18(13-20(19)28-6)14-25-22(23-5)26-17(4)10-8-9-16(2)3;/h11-13,16-17H,7-10,14-15H2,1-6H3,(H,24,27)(H2,23,25,26);1H. The van der Waals surface area contributed by atoms with Gasteiger partial charge in [-0.1, -0.05) is 32.8 Å². The number of methoxy groups -OCH3 is 1. The zero-order valence-corrected chi connectivity index (χ0v) is 21.5. The van der Waals surface area contributed by atoms with Crippen LogP contribution in [0.15, 0.2) is 23.2 Å². The van der Waals surface area contributed by atoms with Crippen molar-refractivity contribution < 1.29 is 14.3 Å². The molecule has 0 fully saturated rings. The van der Waals surface area contributed by atoms with Gasteiger partial charge in [0.2, 0.25) is 0 Å². The molecule has 0 aliphatic heterocycles. The van der Waals surface area contributed by atoms with Gasteiger partial charge in [0.25, 0.3) is 5.91 Å². The van der Waals surface area contributed by atoms with Gasteiger partial charge in [0.1, 0.15) is 0 Å². The average Bonchev–Trinajstić information content (AvgIpc) is 2.69. The van der Waals surface area contributed by atoms with Crippen LogP contribution < -0.4 is 25.4 Å². The van der Waals surface area contributed by atoms with Gasteiger partial charge < -0.3 is 25.4 Å². The van der Waals surface area contributed by atoms with Crippen LogP contribution in [-0.2, 0) is 11.3 Å². The number of nitrogens with one attached hydrogen (secondary N) is 3. The number of halogens is 1. The molecule has 0 aliphatic carbocycles. The number of carbonyl (C=O) groups is 1. The van der Waals surface area contributed by atoms with E-state index >= 15 is 0 Å². The molecule has 3 N–H and O–H groups in total. The summed E-state index contributed by atoms with van der Waals surface area (Å²) in [4.78, 5) is 15.9. The third-order valence-corrected chi connectivity index (χ3v) is 4.45. The minimum atomic E-state index is -0.155. The predicted molar refractivity (Wildman–Crippen MR) is 134 cm³/mol. The Morgan fingerprint density at radius 1 is 1.13 bits per heavy atom. The lowest BCUT2D eigenvalue weighted by Gasteiger charge is -2.19. The smallest absolute Gasteiger partial charge is 0.257 e. The highest BCUT2D eigenvalue weighted by atomic mass is 127. The van der Waals surface area contributed by atoms with Crippen LogP contribution in [0.1, 0.15) is 52.5 Å². The number of hydrogen-bond acceptors (Lipinski definition) is 4. The van der Waals surface area contributed by atoms with Gasteiger partial charge in [0.15, 0.2) is 24.1 Å². The lowest BCUT2D eigenvalue weighted by molar-refractivity contribution is -0.123. The van der Waals surface area contributed by atoms with Crippen molar-refractivity contribution in [2.75, 3.05) is 27.3 Å². The lowest BCUT2D eigenvalue weighted by Crippen LogP contribution is -2.41. The van der Waals surface area contributed by atoms with E-state index in [9.17, 15) is 4.79 Å². The number of hydrogen-bond donors (Lipinski definition) is 3. The van der Waals surface area contributed by atoms with Crippen molar-refractivity contribution in [2.24, 2.45) is 10.9 Å². The van der Waals surface area contributed by atoms with E-state index < -0.39 is 0 Å². The van der Waals surface area contributed by atoms with E-state index in [0.717, 1.165) is 23.9 Å².